The first-order chi connectivity index (χ1) is 9.24. The Morgan fingerprint density at radius 3 is 2.89 bits per heavy atom. The molecule has 1 heterocycles. The lowest BCUT2D eigenvalue weighted by molar-refractivity contribution is 0.102. The Kier molecular flexibility index (Phi) is 5.05. The first-order valence-corrected chi connectivity index (χ1v) is 8.36. The summed E-state index contributed by atoms with van der Waals surface area (Å²) >= 11 is 3.29. The lowest BCUT2D eigenvalue weighted by atomic mass is 10.2. The number of carbonyl (C=O) groups is 1. The number of aryl methyl sites for hydroxylation is 1. The molecule has 1 amide bonds. The minimum absolute atomic E-state index is 0.0277. The van der Waals surface area contributed by atoms with E-state index in [2.05, 4.69) is 12.2 Å². The summed E-state index contributed by atoms with van der Waals surface area (Å²) in [5.41, 5.74) is 1.63. The van der Waals surface area contributed by atoms with E-state index in [0.29, 0.717) is 0 Å². The minimum Gasteiger partial charge on any atom is -0.321 e. The highest BCUT2D eigenvalue weighted by Crippen LogP contribution is 2.25. The van der Waals surface area contributed by atoms with Crippen molar-refractivity contribution in [3.63, 3.8) is 0 Å². The zero-order chi connectivity index (χ0) is 13.7. The topological polar surface area (TPSA) is 29.1 Å². The molecule has 1 N–H and O–H groups in total. The van der Waals surface area contributed by atoms with Crippen molar-refractivity contribution in [1.29, 1.82) is 0 Å². The highest BCUT2D eigenvalue weighted by atomic mass is 32.2. The van der Waals surface area contributed by atoms with E-state index in [-0.39, 0.29) is 5.91 Å². The molecule has 1 aromatic carbocycles. The van der Waals surface area contributed by atoms with Crippen LogP contribution in [0, 0.1) is 0 Å². The molecular formula is C15H17NOS2. The van der Waals surface area contributed by atoms with Crippen LogP contribution in [0.2, 0.25) is 0 Å². The van der Waals surface area contributed by atoms with Crippen molar-refractivity contribution < 1.29 is 4.79 Å². The van der Waals surface area contributed by atoms with Crippen molar-refractivity contribution in [2.24, 2.45) is 0 Å². The first kappa shape index (κ1) is 14.2. The van der Waals surface area contributed by atoms with Crippen molar-refractivity contribution in [1.82, 2.24) is 0 Å². The number of carbonyl (C=O) groups excluding carboxylic acids is 1. The van der Waals surface area contributed by atoms with E-state index in [1.54, 1.807) is 23.1 Å². The number of hydrogen-bond acceptors (Lipinski definition) is 3. The fourth-order valence-electron chi connectivity index (χ4n) is 1.82. The van der Waals surface area contributed by atoms with Gasteiger partial charge in [0.15, 0.2) is 0 Å². The molecule has 0 bridgehead atoms. The van der Waals surface area contributed by atoms with Crippen molar-refractivity contribution in [2.75, 3.05) is 11.6 Å². The number of rotatable bonds is 5. The largest absolute Gasteiger partial charge is 0.321 e. The maximum atomic E-state index is 12.2. The van der Waals surface area contributed by atoms with Gasteiger partial charge in [0.25, 0.3) is 5.91 Å². The number of amides is 1. The highest BCUT2D eigenvalue weighted by Gasteiger charge is 2.10. The molecule has 0 aliphatic heterocycles. The Labute approximate surface area is 122 Å². The van der Waals surface area contributed by atoms with E-state index in [1.807, 2.05) is 42.0 Å². The predicted molar refractivity (Wildman–Crippen MR) is 84.5 cm³/mol. The fraction of sp³-hybridized carbons (Fsp3) is 0.267. The second-order valence-corrected chi connectivity index (χ2v) is 6.05. The molecule has 2 nitrogen and oxygen atoms in total. The van der Waals surface area contributed by atoms with Crippen LogP contribution in [0.15, 0.2) is 40.6 Å². The molecule has 19 heavy (non-hydrogen) atoms. The van der Waals surface area contributed by atoms with Gasteiger partial charge in [0, 0.05) is 15.2 Å². The van der Waals surface area contributed by atoms with Gasteiger partial charge in [0.05, 0.1) is 11.3 Å². The molecule has 0 spiro atoms. The average Bonchev–Trinajstić information content (AvgIpc) is 2.88. The molecule has 4 heteroatoms. The van der Waals surface area contributed by atoms with E-state index in [1.165, 1.54) is 4.88 Å². The number of benzene rings is 1. The molecule has 0 saturated carbocycles. The van der Waals surface area contributed by atoms with Gasteiger partial charge in [-0.3, -0.25) is 4.79 Å². The molecular weight excluding hydrogens is 274 g/mol. The zero-order valence-electron chi connectivity index (χ0n) is 11.1. The number of thiophene rings is 1. The Balaban J connectivity index is 2.11. The van der Waals surface area contributed by atoms with Gasteiger partial charge in [-0.25, -0.2) is 0 Å². The maximum Gasteiger partial charge on any atom is 0.256 e. The van der Waals surface area contributed by atoms with Gasteiger partial charge in [-0.15, -0.1) is 23.1 Å². The lowest BCUT2D eigenvalue weighted by Gasteiger charge is -2.08. The fourth-order valence-corrected chi connectivity index (χ4v) is 3.34. The summed E-state index contributed by atoms with van der Waals surface area (Å²) in [5, 5.41) is 4.91. The molecule has 0 aliphatic carbocycles. The summed E-state index contributed by atoms with van der Waals surface area (Å²) in [6, 6.07) is 9.85. The summed E-state index contributed by atoms with van der Waals surface area (Å²) in [5.74, 6) is -0.0277. The van der Waals surface area contributed by atoms with Gasteiger partial charge in [-0.05, 0) is 30.9 Å². The zero-order valence-corrected chi connectivity index (χ0v) is 12.7. The lowest BCUT2D eigenvalue weighted by Crippen LogP contribution is -2.11. The van der Waals surface area contributed by atoms with Gasteiger partial charge >= 0.3 is 0 Å². The van der Waals surface area contributed by atoms with E-state index >= 15 is 0 Å². The van der Waals surface area contributed by atoms with Gasteiger partial charge in [-0.2, -0.15) is 0 Å². The third kappa shape index (κ3) is 3.61. The third-order valence-electron chi connectivity index (χ3n) is 2.77. The predicted octanol–water partition coefficient (Wildman–Crippen LogP) is 4.67. The number of hydrogen-bond donors (Lipinski definition) is 1. The average molecular weight is 291 g/mol. The van der Waals surface area contributed by atoms with Crippen LogP contribution in [0.5, 0.6) is 0 Å². The standard InChI is InChI=1S/C15H17NOS2/c1-3-6-12-9-11(10-19-12)15(17)16-13-7-4-5-8-14(13)18-2/h4-5,7-10H,3,6H2,1-2H3,(H,16,17). The molecule has 2 aromatic rings. The summed E-state index contributed by atoms with van der Waals surface area (Å²) in [6.45, 7) is 2.15. The molecule has 0 radical (unpaired) electrons. The second kappa shape index (κ2) is 6.78. The first-order valence-electron chi connectivity index (χ1n) is 6.26. The monoisotopic (exact) mass is 291 g/mol. The highest BCUT2D eigenvalue weighted by molar-refractivity contribution is 7.98. The molecule has 0 fully saturated rings. The SMILES string of the molecule is CCCc1cc(C(=O)Nc2ccccc2SC)cs1. The van der Waals surface area contributed by atoms with Crippen molar-refractivity contribution >= 4 is 34.7 Å². The van der Waals surface area contributed by atoms with Crippen molar-refractivity contribution in [2.45, 2.75) is 24.7 Å². The van der Waals surface area contributed by atoms with Crippen molar-refractivity contribution in [3.8, 4) is 0 Å². The molecule has 0 atom stereocenters. The third-order valence-corrected chi connectivity index (χ3v) is 4.56. The van der Waals surface area contributed by atoms with Crippen LogP contribution >= 0.6 is 23.1 Å². The number of para-hydroxylation sites is 1. The smallest absolute Gasteiger partial charge is 0.256 e. The summed E-state index contributed by atoms with van der Waals surface area (Å²) in [7, 11) is 0. The molecule has 1 aromatic heterocycles. The molecule has 2 rings (SSSR count). The van der Waals surface area contributed by atoms with Crippen LogP contribution in [0.25, 0.3) is 0 Å². The van der Waals surface area contributed by atoms with Crippen molar-refractivity contribution in [3.05, 3.63) is 46.2 Å². The Morgan fingerprint density at radius 1 is 1.37 bits per heavy atom. The van der Waals surface area contributed by atoms with E-state index < -0.39 is 0 Å². The molecule has 0 saturated heterocycles. The quantitative estimate of drug-likeness (QED) is 0.811. The van der Waals surface area contributed by atoms with Gasteiger partial charge in [-0.1, -0.05) is 25.5 Å². The van der Waals surface area contributed by atoms with Crippen LogP contribution in [0.3, 0.4) is 0 Å². The molecule has 100 valence electrons. The van der Waals surface area contributed by atoms with Crippen LogP contribution in [-0.4, -0.2) is 12.2 Å². The van der Waals surface area contributed by atoms with Gasteiger partial charge in [0.2, 0.25) is 0 Å². The van der Waals surface area contributed by atoms with Gasteiger partial charge in [0.1, 0.15) is 0 Å². The Bertz CT molecular complexity index is 563. The van der Waals surface area contributed by atoms with Crippen LogP contribution < -0.4 is 5.32 Å². The maximum absolute atomic E-state index is 12.2. The van der Waals surface area contributed by atoms with E-state index in [9.17, 15) is 4.79 Å². The summed E-state index contributed by atoms with van der Waals surface area (Å²) in [6.07, 6.45) is 4.16. The Morgan fingerprint density at radius 2 is 2.16 bits per heavy atom. The normalized spacial score (nSPS) is 10.4. The number of thioether (sulfide) groups is 1. The second-order valence-electron chi connectivity index (χ2n) is 4.21. The molecule has 0 aliphatic rings. The summed E-state index contributed by atoms with van der Waals surface area (Å²) < 4.78 is 0. The van der Waals surface area contributed by atoms with E-state index in [0.717, 1.165) is 29.0 Å². The molecule has 0 unspecified atom stereocenters. The Hall–Kier alpha value is -1.26. The van der Waals surface area contributed by atoms with Crippen LogP contribution in [-0.2, 0) is 6.42 Å². The summed E-state index contributed by atoms with van der Waals surface area (Å²) in [4.78, 5) is 14.5. The van der Waals surface area contributed by atoms with Crippen LogP contribution in [0.4, 0.5) is 5.69 Å². The number of nitrogens with one attached hydrogen (secondary N) is 1. The van der Waals surface area contributed by atoms with Crippen LogP contribution in [0.1, 0.15) is 28.6 Å². The van der Waals surface area contributed by atoms with Gasteiger partial charge < -0.3 is 5.32 Å². The number of anilines is 1. The minimum atomic E-state index is -0.0277. The van der Waals surface area contributed by atoms with E-state index in [4.69, 9.17) is 0 Å².